The highest BCUT2D eigenvalue weighted by atomic mass is 19.3. The van der Waals surface area contributed by atoms with E-state index in [9.17, 15) is 22.4 Å². The number of aromatic nitrogens is 2. The average molecular weight is 389 g/mol. The first-order valence-electron chi connectivity index (χ1n) is 9.44. The van der Waals surface area contributed by atoms with Crippen LogP contribution in [0.15, 0.2) is 0 Å². The van der Waals surface area contributed by atoms with Gasteiger partial charge in [-0.05, 0) is 25.2 Å². The summed E-state index contributed by atoms with van der Waals surface area (Å²) in [5, 5.41) is 7.07. The predicted molar refractivity (Wildman–Crippen MR) is 89.4 cm³/mol. The van der Waals surface area contributed by atoms with Gasteiger partial charge in [-0.3, -0.25) is 10.00 Å². The Morgan fingerprint density at radius 2 is 1.81 bits per heavy atom. The van der Waals surface area contributed by atoms with Gasteiger partial charge in [-0.15, -0.1) is 0 Å². The Balaban J connectivity index is 1.52. The van der Waals surface area contributed by atoms with Crippen molar-refractivity contribution < 1.29 is 27.1 Å². The highest BCUT2D eigenvalue weighted by Crippen LogP contribution is 2.50. The number of ether oxygens (including phenoxy) is 1. The minimum Gasteiger partial charge on any atom is -0.445 e. The second-order valence-corrected chi connectivity index (χ2v) is 8.11. The first-order chi connectivity index (χ1) is 12.6. The van der Waals surface area contributed by atoms with E-state index in [4.69, 9.17) is 4.74 Å². The molecule has 1 aromatic heterocycles. The molecule has 3 fully saturated rings. The van der Waals surface area contributed by atoms with E-state index in [-0.39, 0.29) is 24.7 Å². The molecule has 27 heavy (non-hydrogen) atoms. The third kappa shape index (κ3) is 3.65. The number of aryl methyl sites for hydroxylation is 1. The van der Waals surface area contributed by atoms with Crippen molar-refractivity contribution in [1.29, 1.82) is 0 Å². The minimum absolute atomic E-state index is 0.154. The summed E-state index contributed by atoms with van der Waals surface area (Å²) in [4.78, 5) is 12.2. The molecule has 1 aromatic rings. The van der Waals surface area contributed by atoms with Crippen LogP contribution in [0, 0.1) is 0 Å². The summed E-state index contributed by atoms with van der Waals surface area (Å²) < 4.78 is 59.7. The summed E-state index contributed by atoms with van der Waals surface area (Å²) in [5.74, 6) is -5.18. The van der Waals surface area contributed by atoms with Gasteiger partial charge in [0.05, 0.1) is 5.69 Å². The highest BCUT2D eigenvalue weighted by Gasteiger charge is 2.48. The van der Waals surface area contributed by atoms with Crippen molar-refractivity contribution in [2.75, 3.05) is 5.32 Å². The SMILES string of the molecule is Cn1nc(C2CCC(F)(F)C2)c(C2CCC2)c1NC(=O)OC1CC(F)(F)C1. The molecule has 9 heteroatoms. The number of hydrogen-bond donors (Lipinski definition) is 1. The lowest BCUT2D eigenvalue weighted by Crippen LogP contribution is -2.43. The third-order valence-corrected chi connectivity index (χ3v) is 5.96. The van der Waals surface area contributed by atoms with Gasteiger partial charge in [-0.1, -0.05) is 6.42 Å². The Kier molecular flexibility index (Phi) is 4.38. The molecule has 1 unspecified atom stereocenters. The van der Waals surface area contributed by atoms with E-state index in [1.165, 1.54) is 4.68 Å². The van der Waals surface area contributed by atoms with Crippen molar-refractivity contribution in [3.05, 3.63) is 11.3 Å². The maximum atomic E-state index is 13.7. The fourth-order valence-electron chi connectivity index (χ4n) is 4.26. The van der Waals surface area contributed by atoms with Crippen molar-refractivity contribution in [3.8, 4) is 0 Å². The zero-order valence-electron chi connectivity index (χ0n) is 15.1. The largest absolute Gasteiger partial charge is 0.445 e. The van der Waals surface area contributed by atoms with E-state index in [0.29, 0.717) is 17.9 Å². The smallest absolute Gasteiger partial charge is 0.413 e. The molecular formula is C18H23F4N3O2. The molecule has 0 aromatic carbocycles. The van der Waals surface area contributed by atoms with Crippen LogP contribution in [0.25, 0.3) is 0 Å². The number of carbonyl (C=O) groups excluding carboxylic acids is 1. The zero-order chi connectivity index (χ0) is 19.4. The van der Waals surface area contributed by atoms with Gasteiger partial charge in [0.25, 0.3) is 5.92 Å². The quantitative estimate of drug-likeness (QED) is 0.743. The topological polar surface area (TPSA) is 56.2 Å². The number of nitrogens with zero attached hydrogens (tertiary/aromatic N) is 2. The number of carbonyl (C=O) groups is 1. The van der Waals surface area contributed by atoms with Gasteiger partial charge in [0.15, 0.2) is 0 Å². The molecular weight excluding hydrogens is 366 g/mol. The van der Waals surface area contributed by atoms with Crippen LogP contribution < -0.4 is 5.32 Å². The fourth-order valence-corrected chi connectivity index (χ4v) is 4.26. The summed E-state index contributed by atoms with van der Waals surface area (Å²) >= 11 is 0. The third-order valence-electron chi connectivity index (χ3n) is 5.96. The van der Waals surface area contributed by atoms with Crippen LogP contribution in [0.3, 0.4) is 0 Å². The number of hydrogen-bond acceptors (Lipinski definition) is 3. The molecule has 0 aliphatic heterocycles. The Hall–Kier alpha value is -1.80. The summed E-state index contributed by atoms with van der Waals surface area (Å²) in [7, 11) is 1.64. The van der Waals surface area contributed by atoms with Crippen LogP contribution in [0.1, 0.15) is 74.5 Å². The van der Waals surface area contributed by atoms with Gasteiger partial charge >= 0.3 is 6.09 Å². The van der Waals surface area contributed by atoms with Crippen molar-refractivity contribution in [2.45, 2.75) is 81.2 Å². The maximum absolute atomic E-state index is 13.7. The van der Waals surface area contributed by atoms with Gasteiger partial charge < -0.3 is 4.74 Å². The van der Waals surface area contributed by atoms with Crippen LogP contribution in [0.2, 0.25) is 0 Å². The molecule has 4 rings (SSSR count). The second kappa shape index (κ2) is 6.38. The van der Waals surface area contributed by atoms with Crippen molar-refractivity contribution in [3.63, 3.8) is 0 Å². The maximum Gasteiger partial charge on any atom is 0.413 e. The van der Waals surface area contributed by atoms with Crippen LogP contribution in [-0.4, -0.2) is 33.8 Å². The normalized spacial score (nSPS) is 27.1. The Bertz CT molecular complexity index is 737. The van der Waals surface area contributed by atoms with Crippen molar-refractivity contribution in [2.24, 2.45) is 7.05 Å². The van der Waals surface area contributed by atoms with Gasteiger partial charge in [-0.25, -0.2) is 22.4 Å². The van der Waals surface area contributed by atoms with Crippen molar-refractivity contribution in [1.82, 2.24) is 9.78 Å². The van der Waals surface area contributed by atoms with E-state index in [1.807, 2.05) is 0 Å². The Morgan fingerprint density at radius 1 is 1.11 bits per heavy atom. The second-order valence-electron chi connectivity index (χ2n) is 8.11. The summed E-state index contributed by atoms with van der Waals surface area (Å²) in [6.07, 6.45) is 0.319. The predicted octanol–water partition coefficient (Wildman–Crippen LogP) is 4.94. The molecule has 0 radical (unpaired) electrons. The van der Waals surface area contributed by atoms with Gasteiger partial charge in [0.2, 0.25) is 5.92 Å². The summed E-state index contributed by atoms with van der Waals surface area (Å²) in [5.41, 5.74) is 1.44. The molecule has 1 heterocycles. The van der Waals surface area contributed by atoms with Crippen LogP contribution in [0.5, 0.6) is 0 Å². The number of alkyl halides is 4. The highest BCUT2D eigenvalue weighted by molar-refractivity contribution is 5.85. The van der Waals surface area contributed by atoms with E-state index in [2.05, 4.69) is 10.4 Å². The lowest BCUT2D eigenvalue weighted by molar-refractivity contribution is -0.142. The van der Waals surface area contributed by atoms with Crippen LogP contribution in [-0.2, 0) is 11.8 Å². The van der Waals surface area contributed by atoms with Gasteiger partial charge in [0.1, 0.15) is 11.9 Å². The van der Waals surface area contributed by atoms with Crippen LogP contribution in [0.4, 0.5) is 28.2 Å². The average Bonchev–Trinajstić information content (AvgIpc) is 2.97. The van der Waals surface area contributed by atoms with E-state index >= 15 is 0 Å². The molecule has 3 saturated carbocycles. The number of nitrogens with one attached hydrogen (secondary N) is 1. The van der Waals surface area contributed by atoms with Gasteiger partial charge in [0, 0.05) is 44.2 Å². The summed E-state index contributed by atoms with van der Waals surface area (Å²) in [6.45, 7) is 0. The molecule has 150 valence electrons. The molecule has 3 aliphatic carbocycles. The van der Waals surface area contributed by atoms with E-state index in [1.54, 1.807) is 7.05 Å². The Morgan fingerprint density at radius 3 is 2.33 bits per heavy atom. The number of rotatable bonds is 4. The first-order valence-corrected chi connectivity index (χ1v) is 9.44. The molecule has 3 aliphatic rings. The molecule has 5 nitrogen and oxygen atoms in total. The molecule has 0 saturated heterocycles. The minimum atomic E-state index is -2.77. The standard InChI is InChI=1S/C18H23F4N3O2/c1-25-15(23-16(26)27-12-8-18(21,22)9-12)13(10-3-2-4-10)14(24-25)11-5-6-17(19,20)7-11/h10-12H,2-9H2,1H3,(H,23,26). The number of anilines is 1. The van der Waals surface area contributed by atoms with Crippen molar-refractivity contribution >= 4 is 11.9 Å². The monoisotopic (exact) mass is 389 g/mol. The number of halogens is 4. The van der Waals surface area contributed by atoms with E-state index in [0.717, 1.165) is 24.8 Å². The fraction of sp³-hybridized carbons (Fsp3) is 0.778. The summed E-state index contributed by atoms with van der Waals surface area (Å²) in [6, 6.07) is 0. The van der Waals surface area contributed by atoms with Crippen LogP contribution >= 0.6 is 0 Å². The lowest BCUT2D eigenvalue weighted by Gasteiger charge is -2.34. The molecule has 0 spiro atoms. The number of amides is 1. The Labute approximate surface area is 154 Å². The van der Waals surface area contributed by atoms with E-state index < -0.39 is 36.9 Å². The molecule has 1 atom stereocenters. The van der Waals surface area contributed by atoms with Gasteiger partial charge in [-0.2, -0.15) is 5.10 Å². The zero-order valence-corrected chi connectivity index (χ0v) is 15.1. The molecule has 1 amide bonds. The molecule has 0 bridgehead atoms. The molecule has 1 N–H and O–H groups in total. The lowest BCUT2D eigenvalue weighted by atomic mass is 9.78. The first kappa shape index (κ1) is 18.6.